The fraction of sp³-hybridized carbons (Fsp3) is 0. The van der Waals surface area contributed by atoms with E-state index >= 15 is 0 Å². The van der Waals surface area contributed by atoms with E-state index in [-0.39, 0.29) is 0 Å². The summed E-state index contributed by atoms with van der Waals surface area (Å²) in [5, 5.41) is 0.946. The lowest BCUT2D eigenvalue weighted by molar-refractivity contribution is 0.446. The molecule has 18 heavy (non-hydrogen) atoms. The lowest BCUT2D eigenvalue weighted by atomic mass is 10.2. The van der Waals surface area contributed by atoms with E-state index in [2.05, 4.69) is 37.5 Å². The molecule has 88 valence electrons. The van der Waals surface area contributed by atoms with Crippen LogP contribution in [0, 0.1) is 3.57 Å². The Morgan fingerprint density at radius 3 is 2.61 bits per heavy atom. The van der Waals surface area contributed by atoms with E-state index < -0.39 is 0 Å². The molecule has 0 N–H and O–H groups in total. The second-order valence-corrected chi connectivity index (χ2v) is 4.86. The van der Waals surface area contributed by atoms with Crippen LogP contribution in [-0.2, 0) is 0 Å². The van der Waals surface area contributed by atoms with Crippen LogP contribution in [0.1, 0.15) is 0 Å². The number of fused-ring (bicyclic) bond motifs is 1. The molecule has 3 rings (SSSR count). The summed E-state index contributed by atoms with van der Waals surface area (Å²) in [6.07, 6.45) is 5.19. The maximum Gasteiger partial charge on any atom is 0.321 e. The van der Waals surface area contributed by atoms with Crippen LogP contribution < -0.4 is 4.74 Å². The summed E-state index contributed by atoms with van der Waals surface area (Å²) in [7, 11) is 0. The van der Waals surface area contributed by atoms with Gasteiger partial charge < -0.3 is 4.74 Å². The lowest BCUT2D eigenvalue weighted by Crippen LogP contribution is -1.92. The highest BCUT2D eigenvalue weighted by Crippen LogP contribution is 2.26. The molecule has 2 aromatic heterocycles. The minimum atomic E-state index is 0.340. The molecule has 0 saturated carbocycles. The Kier molecular flexibility index (Phi) is 3.06. The average Bonchev–Trinajstić information content (AvgIpc) is 2.42. The zero-order valence-electron chi connectivity index (χ0n) is 9.25. The Labute approximate surface area is 117 Å². The Morgan fingerprint density at radius 2 is 1.78 bits per heavy atom. The smallest absolute Gasteiger partial charge is 0.321 e. The van der Waals surface area contributed by atoms with Crippen molar-refractivity contribution in [2.75, 3.05) is 0 Å². The van der Waals surface area contributed by atoms with Crippen LogP contribution in [0.3, 0.4) is 0 Å². The van der Waals surface area contributed by atoms with E-state index in [1.165, 1.54) is 0 Å². The first-order valence-electron chi connectivity index (χ1n) is 5.32. The summed E-state index contributed by atoms with van der Waals surface area (Å²) in [4.78, 5) is 12.5. The SMILES string of the molecule is Ic1cnc(Oc2cccc3ncccc23)nc1. The number of rotatable bonds is 2. The number of hydrogen-bond donors (Lipinski definition) is 0. The van der Waals surface area contributed by atoms with Gasteiger partial charge in [-0.2, -0.15) is 0 Å². The molecule has 4 nitrogen and oxygen atoms in total. The molecule has 0 unspecified atom stereocenters. The van der Waals surface area contributed by atoms with Crippen molar-refractivity contribution in [2.24, 2.45) is 0 Å². The molecular formula is C13H8IN3O. The van der Waals surface area contributed by atoms with Crippen molar-refractivity contribution in [3.63, 3.8) is 0 Å². The number of nitrogens with zero attached hydrogens (tertiary/aromatic N) is 3. The van der Waals surface area contributed by atoms with Gasteiger partial charge in [-0.1, -0.05) is 6.07 Å². The predicted octanol–water partition coefficient (Wildman–Crippen LogP) is 3.42. The average molecular weight is 349 g/mol. The number of pyridine rings is 1. The Hall–Kier alpha value is -1.76. The van der Waals surface area contributed by atoms with Crippen LogP contribution in [0.5, 0.6) is 11.8 Å². The number of benzene rings is 1. The van der Waals surface area contributed by atoms with Crippen molar-refractivity contribution < 1.29 is 4.74 Å². The summed E-state index contributed by atoms with van der Waals surface area (Å²) >= 11 is 2.15. The standard InChI is InChI=1S/C13H8IN3O/c14-9-7-16-13(17-8-9)18-12-5-1-4-11-10(12)3-2-6-15-11/h1-8H. The number of ether oxygens (including phenoxy) is 1. The maximum atomic E-state index is 5.68. The van der Waals surface area contributed by atoms with Crippen LogP contribution in [0.2, 0.25) is 0 Å². The second-order valence-electron chi connectivity index (χ2n) is 3.61. The summed E-state index contributed by atoms with van der Waals surface area (Å²) in [5.41, 5.74) is 0.889. The van der Waals surface area contributed by atoms with E-state index in [1.54, 1.807) is 18.6 Å². The fourth-order valence-corrected chi connectivity index (χ4v) is 1.89. The Morgan fingerprint density at radius 1 is 0.944 bits per heavy atom. The Balaban J connectivity index is 2.02. The predicted molar refractivity (Wildman–Crippen MR) is 76.6 cm³/mol. The molecule has 1 aromatic carbocycles. The number of aromatic nitrogens is 3. The molecule has 0 saturated heterocycles. The van der Waals surface area contributed by atoms with Gasteiger partial charge in [-0.05, 0) is 46.9 Å². The molecule has 5 heteroatoms. The van der Waals surface area contributed by atoms with Crippen LogP contribution in [-0.4, -0.2) is 15.0 Å². The van der Waals surface area contributed by atoms with E-state index in [0.29, 0.717) is 11.8 Å². The lowest BCUT2D eigenvalue weighted by Gasteiger charge is -2.06. The van der Waals surface area contributed by atoms with Gasteiger partial charge in [0.25, 0.3) is 0 Å². The normalized spacial score (nSPS) is 10.5. The quantitative estimate of drug-likeness (QED) is 0.666. The molecule has 0 bridgehead atoms. The van der Waals surface area contributed by atoms with Crippen molar-refractivity contribution in [3.8, 4) is 11.8 Å². The summed E-state index contributed by atoms with van der Waals surface area (Å²) in [6, 6.07) is 9.90. The molecule has 2 heterocycles. The molecule has 0 atom stereocenters. The minimum absolute atomic E-state index is 0.340. The van der Waals surface area contributed by atoms with Gasteiger partial charge in [0.1, 0.15) is 5.75 Å². The van der Waals surface area contributed by atoms with E-state index in [0.717, 1.165) is 14.5 Å². The highest BCUT2D eigenvalue weighted by molar-refractivity contribution is 14.1. The highest BCUT2D eigenvalue weighted by Gasteiger charge is 2.05. The molecule has 0 aliphatic heterocycles. The van der Waals surface area contributed by atoms with Gasteiger partial charge in [-0.15, -0.1) is 0 Å². The van der Waals surface area contributed by atoms with E-state index in [9.17, 15) is 0 Å². The summed E-state index contributed by atoms with van der Waals surface area (Å²) in [5.74, 6) is 0.710. The molecular weight excluding hydrogens is 341 g/mol. The maximum absolute atomic E-state index is 5.68. The van der Waals surface area contributed by atoms with Crippen molar-refractivity contribution >= 4 is 33.5 Å². The van der Waals surface area contributed by atoms with Crippen molar-refractivity contribution in [1.29, 1.82) is 0 Å². The first kappa shape index (κ1) is 11.3. The molecule has 0 spiro atoms. The monoisotopic (exact) mass is 349 g/mol. The van der Waals surface area contributed by atoms with Gasteiger partial charge in [0.05, 0.1) is 5.52 Å². The van der Waals surface area contributed by atoms with Crippen LogP contribution >= 0.6 is 22.6 Å². The third-order valence-electron chi connectivity index (χ3n) is 2.40. The zero-order valence-corrected chi connectivity index (χ0v) is 11.4. The third-order valence-corrected chi connectivity index (χ3v) is 2.96. The van der Waals surface area contributed by atoms with Gasteiger partial charge in [0.2, 0.25) is 0 Å². The van der Waals surface area contributed by atoms with Crippen LogP contribution in [0.15, 0.2) is 48.9 Å². The first-order valence-corrected chi connectivity index (χ1v) is 6.40. The van der Waals surface area contributed by atoms with Gasteiger partial charge in [-0.25, -0.2) is 9.97 Å². The first-order chi connectivity index (χ1) is 8.83. The minimum Gasteiger partial charge on any atom is -0.424 e. The fourth-order valence-electron chi connectivity index (χ4n) is 1.62. The number of hydrogen-bond acceptors (Lipinski definition) is 4. The van der Waals surface area contributed by atoms with Crippen molar-refractivity contribution in [3.05, 3.63) is 52.5 Å². The van der Waals surface area contributed by atoms with Crippen LogP contribution in [0.25, 0.3) is 10.9 Å². The molecule has 0 fully saturated rings. The zero-order chi connectivity index (χ0) is 12.4. The molecule has 3 aromatic rings. The molecule has 0 aliphatic carbocycles. The van der Waals surface area contributed by atoms with Gasteiger partial charge >= 0.3 is 6.01 Å². The number of halogens is 1. The second kappa shape index (κ2) is 4.85. The highest BCUT2D eigenvalue weighted by atomic mass is 127. The van der Waals surface area contributed by atoms with E-state index in [4.69, 9.17) is 4.74 Å². The van der Waals surface area contributed by atoms with E-state index in [1.807, 2.05) is 30.3 Å². The van der Waals surface area contributed by atoms with Gasteiger partial charge in [0, 0.05) is 27.5 Å². The molecule has 0 amide bonds. The van der Waals surface area contributed by atoms with Gasteiger partial charge in [0.15, 0.2) is 0 Å². The topological polar surface area (TPSA) is 47.9 Å². The molecule has 0 radical (unpaired) electrons. The van der Waals surface area contributed by atoms with Crippen LogP contribution in [0.4, 0.5) is 0 Å². The third kappa shape index (κ3) is 2.26. The van der Waals surface area contributed by atoms with Crippen molar-refractivity contribution in [2.45, 2.75) is 0 Å². The largest absolute Gasteiger partial charge is 0.424 e. The van der Waals surface area contributed by atoms with Crippen molar-refractivity contribution in [1.82, 2.24) is 15.0 Å². The van der Waals surface area contributed by atoms with Gasteiger partial charge in [-0.3, -0.25) is 4.98 Å². The summed E-state index contributed by atoms with van der Waals surface area (Å²) in [6.45, 7) is 0. The summed E-state index contributed by atoms with van der Waals surface area (Å²) < 4.78 is 6.65. The Bertz CT molecular complexity index is 680. The molecule has 0 aliphatic rings.